The van der Waals surface area contributed by atoms with E-state index in [4.69, 9.17) is 4.52 Å². The van der Waals surface area contributed by atoms with Crippen molar-refractivity contribution in [2.24, 2.45) is 5.92 Å². The number of carbonyl (C=O) groups is 1. The Labute approximate surface area is 101 Å². The smallest absolute Gasteiger partial charge is 0.238 e. The molecule has 0 saturated heterocycles. The van der Waals surface area contributed by atoms with Crippen molar-refractivity contribution in [2.45, 2.75) is 33.1 Å². The predicted octanol–water partition coefficient (Wildman–Crippen LogP) is 1.48. The van der Waals surface area contributed by atoms with Gasteiger partial charge in [-0.1, -0.05) is 12.1 Å². The highest BCUT2D eigenvalue weighted by Crippen LogP contribution is 2.27. The van der Waals surface area contributed by atoms with Gasteiger partial charge in [-0.05, 0) is 38.6 Å². The van der Waals surface area contributed by atoms with Crippen LogP contribution in [0.4, 0.5) is 5.69 Å². The van der Waals surface area contributed by atoms with E-state index >= 15 is 0 Å². The molecule has 1 amide bonds. The number of hydrogen-bond acceptors (Lipinski definition) is 4. The summed E-state index contributed by atoms with van der Waals surface area (Å²) in [4.78, 5) is 11.7. The molecule has 1 aliphatic carbocycles. The largest absolute Gasteiger partial charge is 0.359 e. The fourth-order valence-corrected chi connectivity index (χ4v) is 1.71. The fraction of sp³-hybridized carbons (Fsp3) is 0.667. The second-order valence-corrected chi connectivity index (χ2v) is 4.54. The molecule has 0 spiro atoms. The highest BCUT2D eigenvalue weighted by atomic mass is 16.5. The van der Waals surface area contributed by atoms with Crippen LogP contribution in [0.25, 0.3) is 0 Å². The Kier molecular flexibility index (Phi) is 3.78. The minimum absolute atomic E-state index is 0.0355. The van der Waals surface area contributed by atoms with E-state index in [1.807, 2.05) is 6.92 Å². The van der Waals surface area contributed by atoms with Crippen molar-refractivity contribution in [3.8, 4) is 0 Å². The second kappa shape index (κ2) is 5.31. The molecule has 0 atom stereocenters. The Hall–Kier alpha value is -1.36. The monoisotopic (exact) mass is 237 g/mol. The van der Waals surface area contributed by atoms with Gasteiger partial charge in [-0.3, -0.25) is 4.79 Å². The summed E-state index contributed by atoms with van der Waals surface area (Å²) in [5.74, 6) is 1.41. The first-order valence-electron chi connectivity index (χ1n) is 6.16. The Balaban J connectivity index is 1.81. The highest BCUT2D eigenvalue weighted by molar-refractivity contribution is 5.93. The predicted molar refractivity (Wildman–Crippen MR) is 64.8 cm³/mol. The quantitative estimate of drug-likeness (QED) is 0.786. The third kappa shape index (κ3) is 3.30. The third-order valence-electron chi connectivity index (χ3n) is 2.95. The van der Waals surface area contributed by atoms with Gasteiger partial charge in [-0.2, -0.15) is 0 Å². The molecule has 1 saturated carbocycles. The second-order valence-electron chi connectivity index (χ2n) is 4.54. The average molecular weight is 237 g/mol. The van der Waals surface area contributed by atoms with Gasteiger partial charge < -0.3 is 15.2 Å². The first-order chi connectivity index (χ1) is 8.20. The lowest BCUT2D eigenvalue weighted by atomic mass is 10.2. The van der Waals surface area contributed by atoms with Crippen molar-refractivity contribution in [1.29, 1.82) is 0 Å². The topological polar surface area (TPSA) is 67.2 Å². The lowest BCUT2D eigenvalue weighted by molar-refractivity contribution is -0.115. The number of nitrogens with zero attached hydrogens (tertiary/aromatic N) is 1. The van der Waals surface area contributed by atoms with Gasteiger partial charge in [0.15, 0.2) is 5.76 Å². The number of aryl methyl sites for hydroxylation is 2. The third-order valence-corrected chi connectivity index (χ3v) is 2.95. The van der Waals surface area contributed by atoms with Crippen LogP contribution in [0.1, 0.15) is 31.2 Å². The van der Waals surface area contributed by atoms with Gasteiger partial charge in [0.05, 0.1) is 6.54 Å². The zero-order valence-electron chi connectivity index (χ0n) is 10.4. The molecule has 1 aromatic rings. The minimum Gasteiger partial charge on any atom is -0.359 e. The van der Waals surface area contributed by atoms with E-state index in [2.05, 4.69) is 15.8 Å². The summed E-state index contributed by atoms with van der Waals surface area (Å²) in [7, 11) is 0. The number of anilines is 1. The molecule has 0 bridgehead atoms. The van der Waals surface area contributed by atoms with Crippen molar-refractivity contribution in [3.05, 3.63) is 11.5 Å². The SMILES string of the molecule is CCc1noc(C)c1NC(=O)CNCC1CC1. The Morgan fingerprint density at radius 1 is 1.53 bits per heavy atom. The van der Waals surface area contributed by atoms with Gasteiger partial charge in [0.2, 0.25) is 5.91 Å². The summed E-state index contributed by atoms with van der Waals surface area (Å²) in [5.41, 5.74) is 1.53. The van der Waals surface area contributed by atoms with E-state index in [0.717, 1.165) is 30.3 Å². The molecule has 2 N–H and O–H groups in total. The maximum absolute atomic E-state index is 11.7. The molecule has 5 heteroatoms. The molecular formula is C12H19N3O2. The first-order valence-corrected chi connectivity index (χ1v) is 6.16. The van der Waals surface area contributed by atoms with Gasteiger partial charge in [0.1, 0.15) is 11.4 Å². The standard InChI is InChI=1S/C12H19N3O2/c1-3-10-12(8(2)17-15-10)14-11(16)7-13-6-9-4-5-9/h9,13H,3-7H2,1-2H3,(H,14,16). The molecule has 0 unspecified atom stereocenters. The maximum atomic E-state index is 11.7. The van der Waals surface area contributed by atoms with Crippen LogP contribution in [0, 0.1) is 12.8 Å². The van der Waals surface area contributed by atoms with Crippen molar-refractivity contribution in [1.82, 2.24) is 10.5 Å². The van der Waals surface area contributed by atoms with Crippen LogP contribution in [-0.4, -0.2) is 24.2 Å². The lowest BCUT2D eigenvalue weighted by Crippen LogP contribution is -2.29. The Bertz CT molecular complexity index is 396. The zero-order valence-corrected chi connectivity index (χ0v) is 10.4. The van der Waals surface area contributed by atoms with Crippen LogP contribution in [0.15, 0.2) is 4.52 Å². The van der Waals surface area contributed by atoms with Gasteiger partial charge in [0.25, 0.3) is 0 Å². The zero-order chi connectivity index (χ0) is 12.3. The Morgan fingerprint density at radius 3 is 2.94 bits per heavy atom. The van der Waals surface area contributed by atoms with Crippen LogP contribution in [0.5, 0.6) is 0 Å². The fourth-order valence-electron chi connectivity index (χ4n) is 1.71. The molecular weight excluding hydrogens is 218 g/mol. The summed E-state index contributed by atoms with van der Waals surface area (Å²) in [6.45, 7) is 5.08. The van der Waals surface area contributed by atoms with E-state index < -0.39 is 0 Å². The lowest BCUT2D eigenvalue weighted by Gasteiger charge is -2.05. The van der Waals surface area contributed by atoms with Crippen LogP contribution in [-0.2, 0) is 11.2 Å². The minimum atomic E-state index is -0.0355. The molecule has 1 aliphatic rings. The van der Waals surface area contributed by atoms with Crippen molar-refractivity contribution >= 4 is 11.6 Å². The normalized spacial score (nSPS) is 14.9. The molecule has 5 nitrogen and oxygen atoms in total. The van der Waals surface area contributed by atoms with Gasteiger partial charge in [-0.15, -0.1) is 0 Å². The van der Waals surface area contributed by atoms with Crippen LogP contribution >= 0.6 is 0 Å². The van der Waals surface area contributed by atoms with Crippen molar-refractivity contribution in [2.75, 3.05) is 18.4 Å². The van der Waals surface area contributed by atoms with E-state index in [0.29, 0.717) is 12.3 Å². The molecule has 2 rings (SSSR count). The summed E-state index contributed by atoms with van der Waals surface area (Å²) in [6.07, 6.45) is 3.33. The molecule has 0 aliphatic heterocycles. The number of rotatable bonds is 6. The molecule has 1 fully saturated rings. The van der Waals surface area contributed by atoms with Gasteiger partial charge >= 0.3 is 0 Å². The number of hydrogen-bond donors (Lipinski definition) is 2. The maximum Gasteiger partial charge on any atom is 0.238 e. The van der Waals surface area contributed by atoms with Crippen LogP contribution in [0.3, 0.4) is 0 Å². The van der Waals surface area contributed by atoms with Crippen molar-refractivity contribution in [3.63, 3.8) is 0 Å². The molecule has 0 aromatic carbocycles. The number of nitrogens with one attached hydrogen (secondary N) is 2. The molecule has 1 heterocycles. The van der Waals surface area contributed by atoms with Crippen LogP contribution < -0.4 is 10.6 Å². The summed E-state index contributed by atoms with van der Waals surface area (Å²) in [5, 5.41) is 9.90. The molecule has 94 valence electrons. The summed E-state index contributed by atoms with van der Waals surface area (Å²) in [6, 6.07) is 0. The summed E-state index contributed by atoms with van der Waals surface area (Å²) < 4.78 is 5.05. The van der Waals surface area contributed by atoms with E-state index in [1.165, 1.54) is 12.8 Å². The van der Waals surface area contributed by atoms with E-state index in [1.54, 1.807) is 6.92 Å². The van der Waals surface area contributed by atoms with Gasteiger partial charge in [0, 0.05) is 0 Å². The van der Waals surface area contributed by atoms with Crippen LogP contribution in [0.2, 0.25) is 0 Å². The van der Waals surface area contributed by atoms with E-state index in [9.17, 15) is 4.79 Å². The average Bonchev–Trinajstić information content (AvgIpc) is 3.06. The highest BCUT2D eigenvalue weighted by Gasteiger charge is 2.21. The number of aromatic nitrogens is 1. The molecule has 0 radical (unpaired) electrons. The first kappa shape index (κ1) is 12.1. The number of carbonyl (C=O) groups excluding carboxylic acids is 1. The molecule has 1 aromatic heterocycles. The Morgan fingerprint density at radius 2 is 2.29 bits per heavy atom. The van der Waals surface area contributed by atoms with Gasteiger partial charge in [-0.25, -0.2) is 0 Å². The van der Waals surface area contributed by atoms with E-state index in [-0.39, 0.29) is 5.91 Å². The number of amides is 1. The van der Waals surface area contributed by atoms with Crippen molar-refractivity contribution < 1.29 is 9.32 Å². The molecule has 17 heavy (non-hydrogen) atoms. The summed E-state index contributed by atoms with van der Waals surface area (Å²) >= 11 is 0.